The Hall–Kier alpha value is -3.17. The summed E-state index contributed by atoms with van der Waals surface area (Å²) in [5.41, 5.74) is 5.16. The van der Waals surface area contributed by atoms with Crippen molar-refractivity contribution in [2.75, 3.05) is 0 Å². The molecule has 154 valence electrons. The van der Waals surface area contributed by atoms with Crippen LogP contribution in [0, 0.1) is 5.92 Å². The number of hydrogen-bond acceptors (Lipinski definition) is 2. The summed E-state index contributed by atoms with van der Waals surface area (Å²) in [5.74, 6) is 0.105. The Bertz CT molecular complexity index is 1140. The number of halogens is 1. The van der Waals surface area contributed by atoms with Gasteiger partial charge in [-0.05, 0) is 66.3 Å². The second-order valence-corrected chi connectivity index (χ2v) is 8.51. The van der Waals surface area contributed by atoms with Gasteiger partial charge in [-0.25, -0.2) is 5.01 Å². The highest BCUT2D eigenvalue weighted by Crippen LogP contribution is 2.44. The van der Waals surface area contributed by atoms with Crippen molar-refractivity contribution in [2.45, 2.75) is 25.3 Å². The van der Waals surface area contributed by atoms with E-state index < -0.39 is 0 Å². The quantitative estimate of drug-likeness (QED) is 0.454. The summed E-state index contributed by atoms with van der Waals surface area (Å²) in [5, 5.41) is 7.26. The fraction of sp³-hybridized carbons (Fsp3) is 0.185. The normalized spacial score (nSPS) is 21.6. The van der Waals surface area contributed by atoms with E-state index >= 15 is 0 Å². The molecule has 0 spiro atoms. The number of allylic oxidation sites excluding steroid dienone is 1. The minimum absolute atomic E-state index is 0.0912. The molecule has 0 aromatic heterocycles. The van der Waals surface area contributed by atoms with E-state index in [9.17, 15) is 4.79 Å². The molecule has 4 heteroatoms. The molecule has 2 atom stereocenters. The van der Waals surface area contributed by atoms with Crippen LogP contribution in [0.2, 0.25) is 5.02 Å². The van der Waals surface area contributed by atoms with E-state index in [-0.39, 0.29) is 17.9 Å². The van der Waals surface area contributed by atoms with Crippen LogP contribution in [-0.4, -0.2) is 16.6 Å². The van der Waals surface area contributed by atoms with Crippen molar-refractivity contribution < 1.29 is 4.79 Å². The van der Waals surface area contributed by atoms with Crippen LogP contribution in [0.3, 0.4) is 0 Å². The minimum atomic E-state index is -0.0983. The maximum atomic E-state index is 13.5. The monoisotopic (exact) mass is 426 g/mol. The second-order valence-electron chi connectivity index (χ2n) is 8.08. The number of amides is 1. The van der Waals surface area contributed by atoms with Gasteiger partial charge in [-0.3, -0.25) is 4.79 Å². The van der Waals surface area contributed by atoms with E-state index in [1.807, 2.05) is 36.4 Å². The average Bonchev–Trinajstić information content (AvgIpc) is 3.21. The van der Waals surface area contributed by atoms with E-state index in [0.29, 0.717) is 10.6 Å². The fourth-order valence-electron chi connectivity index (χ4n) is 4.63. The first-order valence-corrected chi connectivity index (χ1v) is 11.1. The molecule has 0 saturated heterocycles. The third kappa shape index (κ3) is 3.94. The smallest absolute Gasteiger partial charge is 0.267 e. The molecule has 0 bridgehead atoms. The molecule has 3 nitrogen and oxygen atoms in total. The van der Waals surface area contributed by atoms with Crippen molar-refractivity contribution >= 4 is 29.3 Å². The summed E-state index contributed by atoms with van der Waals surface area (Å²) < 4.78 is 0. The van der Waals surface area contributed by atoms with Gasteiger partial charge in [0.1, 0.15) is 0 Å². The Morgan fingerprint density at radius 2 is 1.61 bits per heavy atom. The predicted molar refractivity (Wildman–Crippen MR) is 126 cm³/mol. The maximum absolute atomic E-state index is 13.5. The molecule has 1 fully saturated rings. The number of nitrogens with zero attached hydrogens (tertiary/aromatic N) is 2. The van der Waals surface area contributed by atoms with Gasteiger partial charge in [0.2, 0.25) is 0 Å². The number of hydrazone groups is 1. The minimum Gasteiger partial charge on any atom is -0.267 e. The molecule has 2 unspecified atom stereocenters. The van der Waals surface area contributed by atoms with E-state index in [1.54, 1.807) is 29.3 Å². The summed E-state index contributed by atoms with van der Waals surface area (Å²) in [4.78, 5) is 13.5. The first kappa shape index (κ1) is 19.8. The summed E-state index contributed by atoms with van der Waals surface area (Å²) in [6.45, 7) is 0. The number of hydrogen-bond donors (Lipinski definition) is 0. The van der Waals surface area contributed by atoms with Crippen LogP contribution >= 0.6 is 11.6 Å². The third-order valence-corrected chi connectivity index (χ3v) is 6.33. The van der Waals surface area contributed by atoms with Gasteiger partial charge in [0.25, 0.3) is 5.91 Å². The molecule has 3 aromatic rings. The molecule has 1 aliphatic heterocycles. The van der Waals surface area contributed by atoms with Crippen molar-refractivity contribution in [3.63, 3.8) is 0 Å². The lowest BCUT2D eigenvalue weighted by atomic mass is 9.77. The topological polar surface area (TPSA) is 32.7 Å². The van der Waals surface area contributed by atoms with Crippen molar-refractivity contribution in [3.05, 3.63) is 112 Å². The lowest BCUT2D eigenvalue weighted by Gasteiger charge is -2.29. The molecule has 1 heterocycles. The average molecular weight is 427 g/mol. The van der Waals surface area contributed by atoms with Crippen LogP contribution in [-0.2, 0) is 0 Å². The number of carbonyl (C=O) groups is 1. The first-order chi connectivity index (χ1) is 15.2. The van der Waals surface area contributed by atoms with Crippen molar-refractivity contribution in [1.82, 2.24) is 5.01 Å². The highest BCUT2D eigenvalue weighted by molar-refractivity contribution is 6.30. The molecule has 0 N–H and O–H groups in total. The van der Waals surface area contributed by atoms with Gasteiger partial charge in [-0.15, -0.1) is 0 Å². The second kappa shape index (κ2) is 8.52. The zero-order chi connectivity index (χ0) is 21.2. The van der Waals surface area contributed by atoms with Crippen molar-refractivity contribution in [3.8, 4) is 0 Å². The van der Waals surface area contributed by atoms with Crippen molar-refractivity contribution in [2.24, 2.45) is 11.0 Å². The molecule has 5 rings (SSSR count). The highest BCUT2D eigenvalue weighted by Gasteiger charge is 2.43. The highest BCUT2D eigenvalue weighted by atomic mass is 35.5. The van der Waals surface area contributed by atoms with Gasteiger partial charge in [0.05, 0.1) is 11.8 Å². The van der Waals surface area contributed by atoms with Crippen molar-refractivity contribution in [1.29, 1.82) is 0 Å². The Kier molecular flexibility index (Phi) is 5.44. The van der Waals surface area contributed by atoms with E-state index in [1.165, 1.54) is 11.1 Å². The Morgan fingerprint density at radius 1 is 0.935 bits per heavy atom. The van der Waals surface area contributed by atoms with Crippen LogP contribution in [0.25, 0.3) is 6.08 Å². The van der Waals surface area contributed by atoms with Gasteiger partial charge in [0, 0.05) is 16.5 Å². The van der Waals surface area contributed by atoms with E-state index in [4.69, 9.17) is 16.7 Å². The molecule has 1 amide bonds. The lowest BCUT2D eigenvalue weighted by Crippen LogP contribution is -2.31. The van der Waals surface area contributed by atoms with Crippen LogP contribution in [0.5, 0.6) is 0 Å². The van der Waals surface area contributed by atoms with Gasteiger partial charge < -0.3 is 0 Å². The molecule has 1 saturated carbocycles. The van der Waals surface area contributed by atoms with Gasteiger partial charge >= 0.3 is 0 Å². The number of fused-ring (bicyclic) bond motifs is 1. The predicted octanol–water partition coefficient (Wildman–Crippen LogP) is 6.78. The molecule has 31 heavy (non-hydrogen) atoms. The Balaban J connectivity index is 1.57. The number of carbonyl (C=O) groups excluding carboxylic acids is 1. The van der Waals surface area contributed by atoms with Gasteiger partial charge in [0.15, 0.2) is 0 Å². The van der Waals surface area contributed by atoms with Crippen LogP contribution in [0.15, 0.2) is 95.6 Å². The zero-order valence-corrected chi connectivity index (χ0v) is 17.9. The summed E-state index contributed by atoms with van der Waals surface area (Å²) in [6, 6.07) is 27.6. The number of benzene rings is 3. The standard InChI is InChI=1S/C27H23ClN2O/c28-23-16-14-21(15-17-23)27(31)30-26(20-10-5-2-6-11-20)24-13-7-12-22(25(24)29-30)18-19-8-3-1-4-9-19/h1-6,8-11,14-18,24,26H,7,12-13H2/b22-18+. The largest absolute Gasteiger partial charge is 0.274 e. The third-order valence-electron chi connectivity index (χ3n) is 6.08. The SMILES string of the molecule is O=C(c1ccc(Cl)cc1)N1N=C2/C(=C/c3ccccc3)CCCC2C1c1ccccc1. The fourth-order valence-corrected chi connectivity index (χ4v) is 4.75. The molecule has 0 radical (unpaired) electrons. The van der Waals surface area contributed by atoms with Gasteiger partial charge in [-0.2, -0.15) is 5.10 Å². The molecule has 1 aliphatic carbocycles. The lowest BCUT2D eigenvalue weighted by molar-refractivity contribution is 0.0681. The Labute approximate surface area is 187 Å². The van der Waals surface area contributed by atoms with E-state index in [2.05, 4.69) is 30.3 Å². The zero-order valence-electron chi connectivity index (χ0n) is 17.1. The molecule has 3 aromatic carbocycles. The first-order valence-electron chi connectivity index (χ1n) is 10.7. The van der Waals surface area contributed by atoms with Crippen LogP contribution < -0.4 is 0 Å². The van der Waals surface area contributed by atoms with Gasteiger partial charge in [-0.1, -0.05) is 72.3 Å². The number of rotatable bonds is 3. The van der Waals surface area contributed by atoms with E-state index in [0.717, 1.165) is 30.5 Å². The molecular formula is C27H23ClN2O. The summed E-state index contributed by atoms with van der Waals surface area (Å²) >= 11 is 6.04. The van der Waals surface area contributed by atoms with Crippen LogP contribution in [0.1, 0.15) is 46.8 Å². The van der Waals surface area contributed by atoms with Crippen LogP contribution in [0.4, 0.5) is 0 Å². The molecule has 2 aliphatic rings. The summed E-state index contributed by atoms with van der Waals surface area (Å²) in [6.07, 6.45) is 5.32. The maximum Gasteiger partial charge on any atom is 0.274 e. The Morgan fingerprint density at radius 3 is 2.32 bits per heavy atom. The summed E-state index contributed by atoms with van der Waals surface area (Å²) in [7, 11) is 0. The molecular weight excluding hydrogens is 404 g/mol.